The molecule has 2 aliphatic heterocycles. The van der Waals surface area contributed by atoms with Gasteiger partial charge in [0.25, 0.3) is 5.91 Å². The Morgan fingerprint density at radius 2 is 2.00 bits per heavy atom. The van der Waals surface area contributed by atoms with E-state index in [1.807, 2.05) is 12.1 Å². The molecule has 2 heterocycles. The molecular weight excluding hydrogens is 276 g/mol. The predicted octanol–water partition coefficient (Wildman–Crippen LogP) is 2.73. The third kappa shape index (κ3) is 2.43. The van der Waals surface area contributed by atoms with Gasteiger partial charge in [-0.1, -0.05) is 39.5 Å². The zero-order chi connectivity index (χ0) is 16.1. The Kier molecular flexibility index (Phi) is 3.35. The molecule has 3 rings (SSSR count). The van der Waals surface area contributed by atoms with Gasteiger partial charge in [-0.2, -0.15) is 0 Å². The van der Waals surface area contributed by atoms with Gasteiger partial charge in [-0.15, -0.1) is 0 Å². The van der Waals surface area contributed by atoms with Gasteiger partial charge in [-0.25, -0.2) is 0 Å². The zero-order valence-corrected chi connectivity index (χ0v) is 13.4. The Labute approximate surface area is 131 Å². The highest BCUT2D eigenvalue weighted by molar-refractivity contribution is 6.01. The van der Waals surface area contributed by atoms with Crippen molar-refractivity contribution >= 4 is 11.8 Å². The molecule has 1 saturated heterocycles. The van der Waals surface area contributed by atoms with Crippen molar-refractivity contribution in [3.05, 3.63) is 47.2 Å². The van der Waals surface area contributed by atoms with Gasteiger partial charge in [0.1, 0.15) is 6.04 Å². The lowest BCUT2D eigenvalue weighted by Gasteiger charge is -2.30. The number of nitrogens with one attached hydrogen (secondary N) is 1. The highest BCUT2D eigenvalue weighted by Gasteiger charge is 2.38. The van der Waals surface area contributed by atoms with Crippen LogP contribution in [0.3, 0.4) is 0 Å². The van der Waals surface area contributed by atoms with E-state index in [2.05, 4.69) is 38.7 Å². The summed E-state index contributed by atoms with van der Waals surface area (Å²) in [5.41, 5.74) is 3.63. The molecule has 0 aromatic heterocycles. The lowest BCUT2D eigenvalue weighted by molar-refractivity contribution is -0.126. The van der Waals surface area contributed by atoms with Gasteiger partial charge in [-0.05, 0) is 35.4 Å². The van der Waals surface area contributed by atoms with E-state index in [1.54, 1.807) is 4.90 Å². The summed E-state index contributed by atoms with van der Waals surface area (Å²) in [6.45, 7) is 10.7. The van der Waals surface area contributed by atoms with E-state index in [0.29, 0.717) is 13.0 Å². The topological polar surface area (TPSA) is 49.4 Å². The van der Waals surface area contributed by atoms with Crippen molar-refractivity contribution in [1.82, 2.24) is 10.2 Å². The molecule has 1 N–H and O–H groups in total. The maximum Gasteiger partial charge on any atom is 0.255 e. The molecule has 0 saturated carbocycles. The summed E-state index contributed by atoms with van der Waals surface area (Å²) in [5, 5.41) is 2.76. The number of nitrogens with zero attached hydrogens (tertiary/aromatic N) is 1. The van der Waals surface area contributed by atoms with E-state index in [0.717, 1.165) is 28.8 Å². The van der Waals surface area contributed by atoms with E-state index in [-0.39, 0.29) is 23.3 Å². The van der Waals surface area contributed by atoms with Gasteiger partial charge in [-0.3, -0.25) is 9.59 Å². The summed E-state index contributed by atoms with van der Waals surface area (Å²) in [6.07, 6.45) is 1.38. The van der Waals surface area contributed by atoms with E-state index < -0.39 is 0 Å². The van der Waals surface area contributed by atoms with Crippen molar-refractivity contribution in [1.29, 1.82) is 0 Å². The van der Waals surface area contributed by atoms with E-state index >= 15 is 0 Å². The zero-order valence-electron chi connectivity index (χ0n) is 13.4. The molecule has 0 radical (unpaired) electrons. The molecule has 1 atom stereocenters. The SMILES string of the molecule is C=C1CCC(N2Cc3ccc(C(C)(C)C)cc3C2=O)C(=O)N1. The van der Waals surface area contributed by atoms with Crippen LogP contribution in [-0.2, 0) is 16.8 Å². The second-order valence-electron chi connectivity index (χ2n) is 7.20. The second kappa shape index (κ2) is 4.97. The number of amides is 2. The second-order valence-corrected chi connectivity index (χ2v) is 7.20. The Balaban J connectivity index is 1.88. The Morgan fingerprint density at radius 3 is 2.64 bits per heavy atom. The normalized spacial score (nSPS) is 21.9. The molecule has 1 aromatic rings. The van der Waals surface area contributed by atoms with Crippen LogP contribution in [0.25, 0.3) is 0 Å². The quantitative estimate of drug-likeness (QED) is 0.866. The van der Waals surface area contributed by atoms with Gasteiger partial charge >= 0.3 is 0 Å². The smallest absolute Gasteiger partial charge is 0.255 e. The number of fused-ring (bicyclic) bond motifs is 1. The summed E-state index contributed by atoms with van der Waals surface area (Å²) in [7, 11) is 0. The summed E-state index contributed by atoms with van der Waals surface area (Å²) in [4.78, 5) is 26.6. The lowest BCUT2D eigenvalue weighted by Crippen LogP contribution is -2.49. The third-order valence-electron chi connectivity index (χ3n) is 4.51. The molecule has 4 heteroatoms. The molecular formula is C18H22N2O2. The Bertz CT molecular complexity index is 670. The highest BCUT2D eigenvalue weighted by Crippen LogP contribution is 2.32. The van der Waals surface area contributed by atoms with Crippen LogP contribution in [0.4, 0.5) is 0 Å². The maximum absolute atomic E-state index is 12.7. The summed E-state index contributed by atoms with van der Waals surface area (Å²) < 4.78 is 0. The summed E-state index contributed by atoms with van der Waals surface area (Å²) in [6, 6.07) is 5.70. The Hall–Kier alpha value is -2.10. The van der Waals surface area contributed by atoms with Crippen molar-refractivity contribution < 1.29 is 9.59 Å². The molecule has 22 heavy (non-hydrogen) atoms. The van der Waals surface area contributed by atoms with Crippen LogP contribution in [0.2, 0.25) is 0 Å². The summed E-state index contributed by atoms with van der Waals surface area (Å²) in [5.74, 6) is -0.151. The predicted molar refractivity (Wildman–Crippen MR) is 85.3 cm³/mol. The van der Waals surface area contributed by atoms with Crippen molar-refractivity contribution in [3.8, 4) is 0 Å². The number of carbonyl (C=O) groups excluding carboxylic acids is 2. The molecule has 1 fully saturated rings. The molecule has 1 aromatic carbocycles. The fourth-order valence-corrected chi connectivity index (χ4v) is 3.10. The van der Waals surface area contributed by atoms with Gasteiger partial charge < -0.3 is 10.2 Å². The van der Waals surface area contributed by atoms with Crippen molar-refractivity contribution in [2.45, 2.75) is 51.6 Å². The highest BCUT2D eigenvalue weighted by atomic mass is 16.2. The van der Waals surface area contributed by atoms with E-state index in [1.165, 1.54) is 0 Å². The number of hydrogen-bond acceptors (Lipinski definition) is 2. The number of piperidine rings is 1. The fraction of sp³-hybridized carbons (Fsp3) is 0.444. The summed E-state index contributed by atoms with van der Waals surface area (Å²) >= 11 is 0. The Morgan fingerprint density at radius 1 is 1.27 bits per heavy atom. The van der Waals surface area contributed by atoms with Crippen molar-refractivity contribution in [2.75, 3.05) is 0 Å². The van der Waals surface area contributed by atoms with Gasteiger partial charge in [0.15, 0.2) is 0 Å². The van der Waals surface area contributed by atoms with Crippen LogP contribution >= 0.6 is 0 Å². The molecule has 4 nitrogen and oxygen atoms in total. The van der Waals surface area contributed by atoms with Crippen molar-refractivity contribution in [2.24, 2.45) is 0 Å². The molecule has 2 amide bonds. The first-order chi connectivity index (χ1) is 10.3. The first-order valence-corrected chi connectivity index (χ1v) is 7.70. The molecule has 0 aliphatic carbocycles. The number of carbonyl (C=O) groups is 2. The van der Waals surface area contributed by atoms with Crippen LogP contribution in [0.15, 0.2) is 30.5 Å². The first kappa shape index (κ1) is 14.8. The molecule has 1 unspecified atom stereocenters. The van der Waals surface area contributed by atoms with Crippen LogP contribution in [0.1, 0.15) is 55.1 Å². The van der Waals surface area contributed by atoms with Crippen LogP contribution in [0, 0.1) is 0 Å². The van der Waals surface area contributed by atoms with Crippen LogP contribution in [-0.4, -0.2) is 22.8 Å². The van der Waals surface area contributed by atoms with E-state index in [9.17, 15) is 9.59 Å². The fourth-order valence-electron chi connectivity index (χ4n) is 3.10. The van der Waals surface area contributed by atoms with Crippen LogP contribution in [0.5, 0.6) is 0 Å². The molecule has 2 aliphatic rings. The monoisotopic (exact) mass is 298 g/mol. The van der Waals surface area contributed by atoms with E-state index in [4.69, 9.17) is 0 Å². The molecule has 0 bridgehead atoms. The molecule has 0 spiro atoms. The molecule has 116 valence electrons. The van der Waals surface area contributed by atoms with Crippen LogP contribution < -0.4 is 5.32 Å². The van der Waals surface area contributed by atoms with Gasteiger partial charge in [0.05, 0.1) is 0 Å². The number of allylic oxidation sites excluding steroid dienone is 1. The third-order valence-corrected chi connectivity index (χ3v) is 4.51. The minimum Gasteiger partial charge on any atom is -0.329 e. The number of benzene rings is 1. The minimum atomic E-state index is -0.386. The van der Waals surface area contributed by atoms with Gasteiger partial charge in [0, 0.05) is 17.8 Å². The first-order valence-electron chi connectivity index (χ1n) is 7.70. The largest absolute Gasteiger partial charge is 0.329 e. The average molecular weight is 298 g/mol. The number of rotatable bonds is 1. The maximum atomic E-state index is 12.7. The van der Waals surface area contributed by atoms with Crippen molar-refractivity contribution in [3.63, 3.8) is 0 Å². The standard InChI is InChI=1S/C18H22N2O2/c1-11-5-8-15(16(21)19-11)20-10-12-6-7-13(18(2,3)4)9-14(12)17(20)22/h6-7,9,15H,1,5,8,10H2,2-4H3,(H,19,21). The lowest BCUT2D eigenvalue weighted by atomic mass is 9.85. The minimum absolute atomic E-state index is 0.00266. The average Bonchev–Trinajstić information content (AvgIpc) is 2.75. The van der Waals surface area contributed by atoms with Gasteiger partial charge in [0.2, 0.25) is 5.91 Å². The number of hydrogen-bond donors (Lipinski definition) is 1.